The monoisotopic (exact) mass is 301 g/mol. The summed E-state index contributed by atoms with van der Waals surface area (Å²) in [4.78, 5) is 26.0. The number of nitrogens with zero attached hydrogens (tertiary/aromatic N) is 1. The molecule has 0 unspecified atom stereocenters. The quantitative estimate of drug-likeness (QED) is 0.914. The van der Waals surface area contributed by atoms with E-state index in [9.17, 15) is 14.7 Å². The maximum atomic E-state index is 12.8. The molecule has 1 aromatic rings. The van der Waals surface area contributed by atoms with Crippen LogP contribution >= 0.6 is 0 Å². The van der Waals surface area contributed by atoms with Crippen LogP contribution in [0.4, 0.5) is 0 Å². The Morgan fingerprint density at radius 1 is 1.05 bits per heavy atom. The van der Waals surface area contributed by atoms with Crippen molar-refractivity contribution in [2.24, 2.45) is 11.8 Å². The van der Waals surface area contributed by atoms with Crippen LogP contribution in [0.2, 0.25) is 0 Å². The molecule has 1 aliphatic heterocycles. The molecule has 4 heteroatoms. The lowest BCUT2D eigenvalue weighted by atomic mass is 9.80. The lowest BCUT2D eigenvalue weighted by Crippen LogP contribution is -2.38. The summed E-state index contributed by atoms with van der Waals surface area (Å²) in [7, 11) is 0. The second kappa shape index (κ2) is 6.51. The molecular weight excluding hydrogens is 278 g/mol. The van der Waals surface area contributed by atoms with Gasteiger partial charge >= 0.3 is 5.97 Å². The minimum Gasteiger partial charge on any atom is -0.481 e. The molecule has 1 N–H and O–H groups in total. The molecular formula is C18H23NO3. The molecule has 1 amide bonds. The van der Waals surface area contributed by atoms with Gasteiger partial charge in [-0.3, -0.25) is 9.59 Å². The molecule has 2 atom stereocenters. The van der Waals surface area contributed by atoms with Crippen molar-refractivity contribution < 1.29 is 14.7 Å². The van der Waals surface area contributed by atoms with Gasteiger partial charge in [0.15, 0.2) is 0 Å². The van der Waals surface area contributed by atoms with E-state index in [1.165, 1.54) is 11.1 Å². The number of carbonyl (C=O) groups excluding carboxylic acids is 1. The molecule has 2 aliphatic rings. The van der Waals surface area contributed by atoms with E-state index in [0.29, 0.717) is 19.4 Å². The normalized spacial score (nSPS) is 25.2. The summed E-state index contributed by atoms with van der Waals surface area (Å²) in [5.74, 6) is -1.05. The number of carboxylic acids is 1. The van der Waals surface area contributed by atoms with Crippen molar-refractivity contribution in [2.75, 3.05) is 6.54 Å². The Hall–Kier alpha value is -1.84. The van der Waals surface area contributed by atoms with Gasteiger partial charge in [0.1, 0.15) is 0 Å². The van der Waals surface area contributed by atoms with Crippen LogP contribution in [0.25, 0.3) is 0 Å². The fourth-order valence-electron chi connectivity index (χ4n) is 3.79. The van der Waals surface area contributed by atoms with Crippen molar-refractivity contribution in [3.63, 3.8) is 0 Å². The Kier molecular flexibility index (Phi) is 4.46. The molecule has 0 spiro atoms. The predicted molar refractivity (Wildman–Crippen MR) is 83.3 cm³/mol. The van der Waals surface area contributed by atoms with Crippen molar-refractivity contribution in [3.05, 3.63) is 35.4 Å². The average Bonchev–Trinajstić information content (AvgIpc) is 2.76. The summed E-state index contributed by atoms with van der Waals surface area (Å²) >= 11 is 0. The smallest absolute Gasteiger partial charge is 0.306 e. The van der Waals surface area contributed by atoms with Crippen molar-refractivity contribution in [3.8, 4) is 0 Å². The first-order chi connectivity index (χ1) is 10.6. The van der Waals surface area contributed by atoms with Crippen LogP contribution in [-0.4, -0.2) is 28.4 Å². The van der Waals surface area contributed by atoms with Gasteiger partial charge < -0.3 is 10.0 Å². The third kappa shape index (κ3) is 3.16. The van der Waals surface area contributed by atoms with Crippen LogP contribution in [0.3, 0.4) is 0 Å². The maximum absolute atomic E-state index is 12.8. The molecule has 1 aliphatic carbocycles. The summed E-state index contributed by atoms with van der Waals surface area (Å²) in [6.07, 6.45) is 4.90. The fourth-order valence-corrected chi connectivity index (χ4v) is 3.79. The van der Waals surface area contributed by atoms with Gasteiger partial charge in [-0.2, -0.15) is 0 Å². The molecule has 0 aromatic heterocycles. The number of aliphatic carboxylic acids is 1. The molecule has 1 aromatic carbocycles. The second-order valence-electron chi connectivity index (χ2n) is 6.53. The first kappa shape index (κ1) is 15.1. The van der Waals surface area contributed by atoms with Gasteiger partial charge in [-0.25, -0.2) is 0 Å². The van der Waals surface area contributed by atoms with Gasteiger partial charge in [0.05, 0.1) is 5.92 Å². The largest absolute Gasteiger partial charge is 0.481 e. The highest BCUT2D eigenvalue weighted by Gasteiger charge is 2.33. The Morgan fingerprint density at radius 3 is 2.55 bits per heavy atom. The van der Waals surface area contributed by atoms with Crippen molar-refractivity contribution >= 4 is 11.9 Å². The first-order valence-corrected chi connectivity index (χ1v) is 8.23. The highest BCUT2D eigenvalue weighted by Crippen LogP contribution is 2.31. The predicted octanol–water partition coefficient (Wildman–Crippen LogP) is 2.85. The Bertz CT molecular complexity index is 569. The Labute approximate surface area is 131 Å². The van der Waals surface area contributed by atoms with Crippen LogP contribution in [-0.2, 0) is 22.6 Å². The molecule has 3 rings (SSSR count). The number of hydrogen-bond acceptors (Lipinski definition) is 2. The van der Waals surface area contributed by atoms with Crippen LogP contribution in [0, 0.1) is 11.8 Å². The van der Waals surface area contributed by atoms with Gasteiger partial charge in [0, 0.05) is 19.0 Å². The minimum absolute atomic E-state index is 0.111. The van der Waals surface area contributed by atoms with Crippen molar-refractivity contribution in [1.82, 2.24) is 4.90 Å². The zero-order valence-corrected chi connectivity index (χ0v) is 12.8. The standard InChI is InChI=1S/C18H23NO3/c20-17(14-7-3-8-15(11-14)18(21)22)19-10-4-9-13-5-1-2-6-16(13)12-19/h1-2,5-6,14-15H,3-4,7-12H2,(H,21,22)/t14-,15+/m0/s1. The van der Waals surface area contributed by atoms with Gasteiger partial charge in [-0.15, -0.1) is 0 Å². The molecule has 0 bridgehead atoms. The van der Waals surface area contributed by atoms with Crippen LogP contribution < -0.4 is 0 Å². The third-order valence-corrected chi connectivity index (χ3v) is 5.04. The number of fused-ring (bicyclic) bond motifs is 1. The molecule has 22 heavy (non-hydrogen) atoms. The summed E-state index contributed by atoms with van der Waals surface area (Å²) < 4.78 is 0. The number of aryl methyl sites for hydroxylation is 1. The summed E-state index contributed by atoms with van der Waals surface area (Å²) in [5.41, 5.74) is 2.57. The molecule has 118 valence electrons. The lowest BCUT2D eigenvalue weighted by Gasteiger charge is -2.31. The molecule has 4 nitrogen and oxygen atoms in total. The van der Waals surface area contributed by atoms with E-state index in [4.69, 9.17) is 0 Å². The summed E-state index contributed by atoms with van der Waals surface area (Å²) in [6, 6.07) is 8.31. The van der Waals surface area contributed by atoms with E-state index in [1.807, 2.05) is 11.0 Å². The van der Waals surface area contributed by atoms with Crippen LogP contribution in [0.15, 0.2) is 24.3 Å². The summed E-state index contributed by atoms with van der Waals surface area (Å²) in [6.45, 7) is 1.45. The second-order valence-corrected chi connectivity index (χ2v) is 6.53. The molecule has 1 fully saturated rings. The first-order valence-electron chi connectivity index (χ1n) is 8.23. The highest BCUT2D eigenvalue weighted by atomic mass is 16.4. The molecule has 0 saturated heterocycles. The van der Waals surface area contributed by atoms with Crippen LogP contribution in [0.5, 0.6) is 0 Å². The van der Waals surface area contributed by atoms with Gasteiger partial charge in [0.25, 0.3) is 0 Å². The van der Waals surface area contributed by atoms with Gasteiger partial charge in [0.2, 0.25) is 5.91 Å². The molecule has 1 saturated carbocycles. The highest BCUT2D eigenvalue weighted by molar-refractivity contribution is 5.80. The van der Waals surface area contributed by atoms with Crippen molar-refractivity contribution in [1.29, 1.82) is 0 Å². The number of benzene rings is 1. The van der Waals surface area contributed by atoms with E-state index >= 15 is 0 Å². The van der Waals surface area contributed by atoms with Crippen molar-refractivity contribution in [2.45, 2.75) is 45.1 Å². The van der Waals surface area contributed by atoms with Gasteiger partial charge in [-0.1, -0.05) is 30.7 Å². The molecule has 1 heterocycles. The SMILES string of the molecule is O=C(O)[C@@H]1CCC[C@H](C(=O)N2CCCc3ccccc3C2)C1. The maximum Gasteiger partial charge on any atom is 0.306 e. The average molecular weight is 301 g/mol. The zero-order valence-electron chi connectivity index (χ0n) is 12.8. The summed E-state index contributed by atoms with van der Waals surface area (Å²) in [5, 5.41) is 9.20. The minimum atomic E-state index is -0.751. The zero-order chi connectivity index (χ0) is 15.5. The third-order valence-electron chi connectivity index (χ3n) is 5.04. The number of rotatable bonds is 2. The fraction of sp³-hybridized carbons (Fsp3) is 0.556. The Balaban J connectivity index is 1.71. The van der Waals surface area contributed by atoms with Crippen LogP contribution in [0.1, 0.15) is 43.2 Å². The van der Waals surface area contributed by atoms with E-state index in [0.717, 1.165) is 32.2 Å². The number of carboxylic acid groups (broad SMARTS) is 1. The van der Waals surface area contributed by atoms with E-state index in [-0.39, 0.29) is 17.7 Å². The van der Waals surface area contributed by atoms with E-state index in [2.05, 4.69) is 18.2 Å². The van der Waals surface area contributed by atoms with E-state index < -0.39 is 5.97 Å². The number of hydrogen-bond donors (Lipinski definition) is 1. The molecule has 0 radical (unpaired) electrons. The van der Waals surface area contributed by atoms with Gasteiger partial charge in [-0.05, 0) is 43.2 Å². The van der Waals surface area contributed by atoms with E-state index in [1.54, 1.807) is 0 Å². The lowest BCUT2D eigenvalue weighted by molar-refractivity contribution is -0.145. The number of amides is 1. The Morgan fingerprint density at radius 2 is 1.77 bits per heavy atom. The topological polar surface area (TPSA) is 57.6 Å². The number of carbonyl (C=O) groups is 2.